The first-order valence-corrected chi connectivity index (χ1v) is 5.56. The average Bonchev–Trinajstić information content (AvgIpc) is 2.35. The molecule has 0 heterocycles. The Balaban J connectivity index is 0.000000181. The second-order valence-electron chi connectivity index (χ2n) is 3.24. The molecule has 0 aliphatic carbocycles. The van der Waals surface area contributed by atoms with Crippen molar-refractivity contribution in [2.75, 3.05) is 0 Å². The quantitative estimate of drug-likeness (QED) is 0.653. The molecular weight excluding hydrogens is 216 g/mol. The van der Waals surface area contributed by atoms with Crippen LogP contribution in [0.15, 0.2) is 73.3 Å². The molecule has 0 aliphatic heterocycles. The molecule has 0 atom stereocenters. The van der Waals surface area contributed by atoms with Gasteiger partial charge in [-0.25, -0.2) is 0 Å². The molecule has 0 aliphatic rings. The molecule has 0 nitrogen and oxygen atoms in total. The highest BCUT2D eigenvalue weighted by molar-refractivity contribution is 6.31. The minimum Gasteiger partial charge on any atom is -0.103 e. The number of benzene rings is 2. The first-order valence-electron chi connectivity index (χ1n) is 5.19. The minimum atomic E-state index is 0.822. The lowest BCUT2D eigenvalue weighted by Gasteiger charge is -1.97. The van der Waals surface area contributed by atoms with Crippen LogP contribution in [0.25, 0.3) is 0 Å². The first-order chi connectivity index (χ1) is 7.84. The van der Waals surface area contributed by atoms with Crippen LogP contribution in [0, 0.1) is 0 Å². The van der Waals surface area contributed by atoms with Gasteiger partial charge in [-0.15, -0.1) is 6.58 Å². The highest BCUT2D eigenvalue weighted by atomic mass is 35.5. The molecule has 0 amide bonds. The molecule has 2 rings (SSSR count). The van der Waals surface area contributed by atoms with E-state index in [0.717, 1.165) is 17.0 Å². The summed E-state index contributed by atoms with van der Waals surface area (Å²) >= 11 is 5.86. The summed E-state index contributed by atoms with van der Waals surface area (Å²) in [6.07, 6.45) is 2.70. The number of hydrogen-bond acceptors (Lipinski definition) is 0. The largest absolute Gasteiger partial charge is 0.103 e. The van der Waals surface area contributed by atoms with Crippen LogP contribution < -0.4 is 0 Å². The molecule has 1 heteroatoms. The predicted molar refractivity (Wildman–Crippen MR) is 71.8 cm³/mol. The normalized spacial score (nSPS) is 8.81. The molecule has 0 radical (unpaired) electrons. The van der Waals surface area contributed by atoms with Crippen molar-refractivity contribution < 1.29 is 0 Å². The molecule has 0 fully saturated rings. The van der Waals surface area contributed by atoms with Gasteiger partial charge in [0.15, 0.2) is 0 Å². The Bertz CT molecular complexity index is 380. The van der Waals surface area contributed by atoms with Gasteiger partial charge in [-0.3, -0.25) is 0 Å². The van der Waals surface area contributed by atoms with E-state index < -0.39 is 0 Å². The van der Waals surface area contributed by atoms with Gasteiger partial charge >= 0.3 is 0 Å². The first kappa shape index (κ1) is 12.5. The lowest BCUT2D eigenvalue weighted by atomic mass is 10.1. The Morgan fingerprint density at radius 1 is 0.875 bits per heavy atom. The second kappa shape index (κ2) is 7.72. The van der Waals surface area contributed by atoms with E-state index in [-0.39, 0.29) is 0 Å². The summed E-state index contributed by atoms with van der Waals surface area (Å²) < 4.78 is 0. The summed E-state index contributed by atoms with van der Waals surface area (Å²) in [4.78, 5) is 0. The van der Waals surface area contributed by atoms with Gasteiger partial charge in [-0.1, -0.05) is 72.3 Å². The van der Waals surface area contributed by atoms with Gasteiger partial charge in [-0.2, -0.15) is 0 Å². The van der Waals surface area contributed by atoms with Crippen molar-refractivity contribution in [1.82, 2.24) is 0 Å². The van der Waals surface area contributed by atoms with Crippen molar-refractivity contribution in [1.29, 1.82) is 0 Å². The molecule has 82 valence electrons. The highest BCUT2D eigenvalue weighted by Crippen LogP contribution is 2.14. The molecule has 0 saturated heterocycles. The van der Waals surface area contributed by atoms with Crippen LogP contribution in [-0.2, 0) is 6.42 Å². The predicted octanol–water partition coefficient (Wildman–Crippen LogP) is 4.76. The molecular formula is C15H15Cl. The van der Waals surface area contributed by atoms with E-state index in [4.69, 9.17) is 11.6 Å². The maximum absolute atomic E-state index is 5.86. The molecule has 0 N–H and O–H groups in total. The van der Waals surface area contributed by atoms with Gasteiger partial charge in [0.05, 0.1) is 0 Å². The van der Waals surface area contributed by atoms with Crippen molar-refractivity contribution in [2.45, 2.75) is 6.42 Å². The highest BCUT2D eigenvalue weighted by Gasteiger charge is 1.93. The monoisotopic (exact) mass is 230 g/mol. The zero-order valence-electron chi connectivity index (χ0n) is 9.14. The van der Waals surface area contributed by atoms with Crippen molar-refractivity contribution in [2.24, 2.45) is 0 Å². The topological polar surface area (TPSA) is 0 Å². The summed E-state index contributed by atoms with van der Waals surface area (Å²) in [6.45, 7) is 3.64. The van der Waals surface area contributed by atoms with Crippen LogP contribution in [0.1, 0.15) is 5.56 Å². The molecule has 0 saturated carbocycles. The van der Waals surface area contributed by atoms with Crippen LogP contribution in [0.5, 0.6) is 0 Å². The second-order valence-corrected chi connectivity index (χ2v) is 3.65. The van der Waals surface area contributed by atoms with Gasteiger partial charge in [0, 0.05) is 5.02 Å². The SMILES string of the molecule is C=CCc1ccccc1Cl.c1ccccc1. The molecule has 2 aromatic rings. The number of hydrogen-bond donors (Lipinski definition) is 0. The van der Waals surface area contributed by atoms with Crippen molar-refractivity contribution in [3.8, 4) is 0 Å². The zero-order chi connectivity index (χ0) is 11.6. The Morgan fingerprint density at radius 2 is 1.38 bits per heavy atom. The third-order valence-corrected chi connectivity index (χ3v) is 2.36. The summed E-state index contributed by atoms with van der Waals surface area (Å²) in [7, 11) is 0. The Morgan fingerprint density at radius 3 is 1.81 bits per heavy atom. The lowest BCUT2D eigenvalue weighted by molar-refractivity contribution is 1.28. The van der Waals surface area contributed by atoms with Crippen LogP contribution in [0.4, 0.5) is 0 Å². The van der Waals surface area contributed by atoms with E-state index in [1.54, 1.807) is 0 Å². The Hall–Kier alpha value is -1.53. The fraction of sp³-hybridized carbons (Fsp3) is 0.0667. The molecule has 2 aromatic carbocycles. The van der Waals surface area contributed by atoms with E-state index in [2.05, 4.69) is 6.58 Å². The van der Waals surface area contributed by atoms with Crippen molar-refractivity contribution >= 4 is 11.6 Å². The smallest absolute Gasteiger partial charge is 0.0441 e. The van der Waals surface area contributed by atoms with E-state index in [0.29, 0.717) is 0 Å². The van der Waals surface area contributed by atoms with Crippen LogP contribution in [-0.4, -0.2) is 0 Å². The van der Waals surface area contributed by atoms with Crippen LogP contribution in [0.2, 0.25) is 5.02 Å². The average molecular weight is 231 g/mol. The maximum Gasteiger partial charge on any atom is 0.0441 e. The summed E-state index contributed by atoms with van der Waals surface area (Å²) in [6, 6.07) is 19.8. The maximum atomic E-state index is 5.86. The number of rotatable bonds is 2. The van der Waals surface area contributed by atoms with Gasteiger partial charge in [0.2, 0.25) is 0 Å². The van der Waals surface area contributed by atoms with E-state index in [1.807, 2.05) is 66.7 Å². The van der Waals surface area contributed by atoms with Gasteiger partial charge in [0.1, 0.15) is 0 Å². The van der Waals surface area contributed by atoms with Crippen LogP contribution >= 0.6 is 11.6 Å². The van der Waals surface area contributed by atoms with Crippen molar-refractivity contribution in [3.05, 3.63) is 83.9 Å². The van der Waals surface area contributed by atoms with E-state index in [1.165, 1.54) is 0 Å². The number of allylic oxidation sites excluding steroid dienone is 1. The molecule has 0 bridgehead atoms. The van der Waals surface area contributed by atoms with Gasteiger partial charge in [-0.05, 0) is 18.1 Å². The summed E-state index contributed by atoms with van der Waals surface area (Å²) in [5, 5.41) is 0.822. The summed E-state index contributed by atoms with van der Waals surface area (Å²) in [5.74, 6) is 0. The lowest BCUT2D eigenvalue weighted by Crippen LogP contribution is -1.79. The fourth-order valence-electron chi connectivity index (χ4n) is 1.20. The Labute approximate surface area is 102 Å². The molecule has 0 unspecified atom stereocenters. The minimum absolute atomic E-state index is 0.822. The number of halogens is 1. The third kappa shape index (κ3) is 4.81. The standard InChI is InChI=1S/C9H9Cl.C6H6/c1-2-5-8-6-3-4-7-9(8)10;1-2-4-6-5-3-1/h2-4,6-7H,1,5H2;1-6H. The Kier molecular flexibility index (Phi) is 6.05. The fourth-order valence-corrected chi connectivity index (χ4v) is 1.42. The molecule has 0 aromatic heterocycles. The van der Waals surface area contributed by atoms with Crippen LogP contribution in [0.3, 0.4) is 0 Å². The zero-order valence-corrected chi connectivity index (χ0v) is 9.90. The third-order valence-electron chi connectivity index (χ3n) is 1.99. The van der Waals surface area contributed by atoms with Crippen molar-refractivity contribution in [3.63, 3.8) is 0 Å². The van der Waals surface area contributed by atoms with E-state index in [9.17, 15) is 0 Å². The van der Waals surface area contributed by atoms with Gasteiger partial charge in [0.25, 0.3) is 0 Å². The summed E-state index contributed by atoms with van der Waals surface area (Å²) in [5.41, 5.74) is 1.14. The van der Waals surface area contributed by atoms with E-state index >= 15 is 0 Å². The molecule has 16 heavy (non-hydrogen) atoms. The van der Waals surface area contributed by atoms with Gasteiger partial charge < -0.3 is 0 Å². The molecule has 0 spiro atoms.